The van der Waals surface area contributed by atoms with Crippen molar-refractivity contribution in [3.63, 3.8) is 0 Å². The van der Waals surface area contributed by atoms with Gasteiger partial charge in [0.05, 0.1) is 22.0 Å². The van der Waals surface area contributed by atoms with Crippen LogP contribution in [0.1, 0.15) is 33.2 Å². The Morgan fingerprint density at radius 3 is 2.30 bits per heavy atom. The third-order valence-corrected chi connectivity index (χ3v) is 3.31. The van der Waals surface area contributed by atoms with Crippen molar-refractivity contribution in [3.05, 3.63) is 69.3 Å². The number of hydrogen-bond acceptors (Lipinski definition) is 5. The summed E-state index contributed by atoms with van der Waals surface area (Å²) in [6, 6.07) is 10.5. The first-order valence-electron chi connectivity index (χ1n) is 6.83. The maximum atomic E-state index is 12.2. The standard InChI is InChI=1S/C16H14N2O5/c1-2-10-6-8-11(9-7-10)17-15(19)12-4-3-5-13(18(22)23)14(12)16(20)21/h3-9H,2H2,1H3,(H,17,19)(H,20,21)/p-1. The zero-order chi connectivity index (χ0) is 17.0. The zero-order valence-corrected chi connectivity index (χ0v) is 12.2. The summed E-state index contributed by atoms with van der Waals surface area (Å²) in [5.41, 5.74) is -0.199. The number of carbonyl (C=O) groups is 2. The molecule has 0 heterocycles. The smallest absolute Gasteiger partial charge is 0.279 e. The topological polar surface area (TPSA) is 112 Å². The van der Waals surface area contributed by atoms with Gasteiger partial charge in [-0.25, -0.2) is 0 Å². The molecule has 118 valence electrons. The Morgan fingerprint density at radius 2 is 1.78 bits per heavy atom. The Labute approximate surface area is 131 Å². The molecule has 0 aliphatic rings. The van der Waals surface area contributed by atoms with Gasteiger partial charge in [0.2, 0.25) is 0 Å². The molecule has 7 heteroatoms. The van der Waals surface area contributed by atoms with E-state index in [1.165, 1.54) is 12.1 Å². The second-order valence-corrected chi connectivity index (χ2v) is 4.75. The van der Waals surface area contributed by atoms with Gasteiger partial charge in [0, 0.05) is 11.8 Å². The number of carbonyl (C=O) groups excluding carboxylic acids is 2. The number of carboxylic acid groups (broad SMARTS) is 1. The van der Waals surface area contributed by atoms with Crippen LogP contribution >= 0.6 is 0 Å². The van der Waals surface area contributed by atoms with Crippen molar-refractivity contribution < 1.29 is 19.6 Å². The molecule has 0 bridgehead atoms. The molecule has 0 aliphatic carbocycles. The lowest BCUT2D eigenvalue weighted by atomic mass is 10.0. The zero-order valence-electron chi connectivity index (χ0n) is 12.2. The number of hydrogen-bond donors (Lipinski definition) is 1. The molecule has 0 saturated carbocycles. The van der Waals surface area contributed by atoms with E-state index >= 15 is 0 Å². The lowest BCUT2D eigenvalue weighted by Crippen LogP contribution is -2.27. The number of nitrogens with zero attached hydrogens (tertiary/aromatic N) is 1. The number of rotatable bonds is 5. The van der Waals surface area contributed by atoms with Crippen LogP contribution in [0.25, 0.3) is 0 Å². The van der Waals surface area contributed by atoms with Crippen molar-refractivity contribution in [1.82, 2.24) is 0 Å². The predicted molar refractivity (Wildman–Crippen MR) is 81.2 cm³/mol. The third-order valence-electron chi connectivity index (χ3n) is 3.31. The number of nitrogens with one attached hydrogen (secondary N) is 1. The first kappa shape index (κ1) is 16.2. The van der Waals surface area contributed by atoms with Crippen LogP contribution in [0, 0.1) is 10.1 Å². The number of carboxylic acids is 1. The van der Waals surface area contributed by atoms with Crippen LogP contribution in [0.3, 0.4) is 0 Å². The summed E-state index contributed by atoms with van der Waals surface area (Å²) in [4.78, 5) is 33.5. The molecule has 0 fully saturated rings. The van der Waals surface area contributed by atoms with Crippen LogP contribution in [-0.2, 0) is 6.42 Å². The van der Waals surface area contributed by atoms with Crippen molar-refractivity contribution in [2.24, 2.45) is 0 Å². The van der Waals surface area contributed by atoms with Crippen LogP contribution in [0.2, 0.25) is 0 Å². The summed E-state index contributed by atoms with van der Waals surface area (Å²) in [6.07, 6.45) is 0.841. The molecule has 1 N–H and O–H groups in total. The molecule has 0 unspecified atom stereocenters. The van der Waals surface area contributed by atoms with Crippen LogP contribution in [0.15, 0.2) is 42.5 Å². The van der Waals surface area contributed by atoms with Crippen LogP contribution in [0.5, 0.6) is 0 Å². The van der Waals surface area contributed by atoms with E-state index in [2.05, 4.69) is 5.32 Å². The molecule has 2 aromatic rings. The quantitative estimate of drug-likeness (QED) is 0.667. The van der Waals surface area contributed by atoms with E-state index in [0.29, 0.717) is 5.69 Å². The Balaban J connectivity index is 2.36. The van der Waals surface area contributed by atoms with Gasteiger partial charge in [-0.3, -0.25) is 14.9 Å². The van der Waals surface area contributed by atoms with Gasteiger partial charge in [0.25, 0.3) is 11.6 Å². The number of nitro benzene ring substituents is 1. The molecule has 0 saturated heterocycles. The van der Waals surface area contributed by atoms with Crippen molar-refractivity contribution in [2.75, 3.05) is 5.32 Å². The number of aromatic carboxylic acids is 1. The number of aryl methyl sites for hydroxylation is 1. The Bertz CT molecular complexity index is 769. The number of nitro groups is 1. The Kier molecular flexibility index (Phi) is 4.70. The van der Waals surface area contributed by atoms with Crippen LogP contribution < -0.4 is 10.4 Å². The van der Waals surface area contributed by atoms with E-state index in [9.17, 15) is 24.8 Å². The van der Waals surface area contributed by atoms with E-state index in [1.807, 2.05) is 19.1 Å². The van der Waals surface area contributed by atoms with Crippen molar-refractivity contribution in [1.29, 1.82) is 0 Å². The minimum absolute atomic E-state index is 0.321. The maximum Gasteiger partial charge on any atom is 0.279 e. The van der Waals surface area contributed by atoms with E-state index in [1.54, 1.807) is 12.1 Å². The first-order valence-corrected chi connectivity index (χ1v) is 6.83. The van der Waals surface area contributed by atoms with Gasteiger partial charge >= 0.3 is 0 Å². The van der Waals surface area contributed by atoms with Gasteiger partial charge in [0.15, 0.2) is 0 Å². The normalized spacial score (nSPS) is 10.1. The molecule has 1 amide bonds. The summed E-state index contributed by atoms with van der Waals surface area (Å²) in [5, 5.41) is 24.6. The second-order valence-electron chi connectivity index (χ2n) is 4.75. The highest BCUT2D eigenvalue weighted by atomic mass is 16.6. The highest BCUT2D eigenvalue weighted by Crippen LogP contribution is 2.23. The minimum atomic E-state index is -1.77. The Morgan fingerprint density at radius 1 is 1.13 bits per heavy atom. The average molecular weight is 313 g/mol. The largest absolute Gasteiger partial charge is 0.545 e. The van der Waals surface area contributed by atoms with Gasteiger partial charge in [-0.15, -0.1) is 0 Å². The predicted octanol–water partition coefficient (Wildman–Crippen LogP) is 1.77. The number of anilines is 1. The van der Waals surface area contributed by atoms with Gasteiger partial charge in [-0.05, 0) is 30.2 Å². The third kappa shape index (κ3) is 3.52. The van der Waals surface area contributed by atoms with E-state index in [4.69, 9.17) is 0 Å². The van der Waals surface area contributed by atoms with Gasteiger partial charge in [0.1, 0.15) is 0 Å². The molecule has 0 atom stereocenters. The van der Waals surface area contributed by atoms with Crippen molar-refractivity contribution in [3.8, 4) is 0 Å². The summed E-state index contributed by atoms with van der Waals surface area (Å²) in [7, 11) is 0. The van der Waals surface area contributed by atoms with Crippen molar-refractivity contribution in [2.45, 2.75) is 13.3 Å². The lowest BCUT2D eigenvalue weighted by Gasteiger charge is -2.11. The first-order chi connectivity index (χ1) is 10.9. The summed E-state index contributed by atoms with van der Waals surface area (Å²) >= 11 is 0. The summed E-state index contributed by atoms with van der Waals surface area (Å²) in [6.45, 7) is 1.99. The monoisotopic (exact) mass is 313 g/mol. The molecule has 2 rings (SSSR count). The number of benzene rings is 2. The molecule has 23 heavy (non-hydrogen) atoms. The fourth-order valence-corrected chi connectivity index (χ4v) is 2.12. The second kappa shape index (κ2) is 6.69. The summed E-state index contributed by atoms with van der Waals surface area (Å²) < 4.78 is 0. The SMILES string of the molecule is CCc1ccc(NC(=O)c2cccc([N+](=O)[O-])c2C(=O)[O-])cc1. The van der Waals surface area contributed by atoms with Crippen LogP contribution in [-0.4, -0.2) is 16.8 Å². The molecule has 0 spiro atoms. The highest BCUT2D eigenvalue weighted by Gasteiger charge is 2.22. The lowest BCUT2D eigenvalue weighted by molar-refractivity contribution is -0.385. The highest BCUT2D eigenvalue weighted by molar-refractivity contribution is 6.11. The van der Waals surface area contributed by atoms with Gasteiger partial charge in [-0.1, -0.05) is 25.1 Å². The fourth-order valence-electron chi connectivity index (χ4n) is 2.12. The molecule has 0 radical (unpaired) electrons. The minimum Gasteiger partial charge on any atom is -0.545 e. The molecule has 0 aliphatic heterocycles. The summed E-state index contributed by atoms with van der Waals surface area (Å²) in [5.74, 6) is -2.53. The van der Waals surface area contributed by atoms with E-state index in [0.717, 1.165) is 18.1 Å². The van der Waals surface area contributed by atoms with Gasteiger partial charge < -0.3 is 15.2 Å². The number of amides is 1. The van der Waals surface area contributed by atoms with E-state index in [-0.39, 0.29) is 5.56 Å². The molecule has 2 aromatic carbocycles. The Hall–Kier alpha value is -3.22. The maximum absolute atomic E-state index is 12.2. The van der Waals surface area contributed by atoms with Crippen LogP contribution in [0.4, 0.5) is 11.4 Å². The van der Waals surface area contributed by atoms with E-state index < -0.39 is 28.1 Å². The fraction of sp³-hybridized carbons (Fsp3) is 0.125. The molecular weight excluding hydrogens is 300 g/mol. The average Bonchev–Trinajstić information content (AvgIpc) is 2.54. The molecule has 7 nitrogen and oxygen atoms in total. The molecular formula is C16H13N2O5-. The molecule has 0 aromatic heterocycles. The van der Waals surface area contributed by atoms with Gasteiger partial charge in [-0.2, -0.15) is 0 Å². The van der Waals surface area contributed by atoms with Crippen molar-refractivity contribution >= 4 is 23.3 Å².